The summed E-state index contributed by atoms with van der Waals surface area (Å²) in [5.74, 6) is -0.257. The molecule has 7 heteroatoms. The van der Waals surface area contributed by atoms with Crippen LogP contribution in [0.25, 0.3) is 0 Å². The Labute approximate surface area is 136 Å². The van der Waals surface area contributed by atoms with Crippen LogP contribution in [-0.2, 0) is 0 Å². The fourth-order valence-corrected chi connectivity index (χ4v) is 2.79. The second-order valence-electron chi connectivity index (χ2n) is 5.38. The number of anilines is 1. The van der Waals surface area contributed by atoms with Gasteiger partial charge in [-0.3, -0.25) is 4.79 Å². The predicted octanol–water partition coefficient (Wildman–Crippen LogP) is 3.82. The number of nitrogens with zero attached hydrogens (tertiary/aromatic N) is 1. The summed E-state index contributed by atoms with van der Waals surface area (Å²) in [5.41, 5.74) is 1.18. The van der Waals surface area contributed by atoms with E-state index >= 15 is 0 Å². The maximum Gasteiger partial charge on any atom is 0.406 e. The monoisotopic (exact) mass is 336 g/mol. The Morgan fingerprint density at radius 1 is 1.12 bits per heavy atom. The normalized spacial score (nSPS) is 17.2. The molecule has 24 heavy (non-hydrogen) atoms. The fraction of sp³-hybridized carbons (Fsp3) is 0.235. The molecule has 1 amide bonds. The first kappa shape index (κ1) is 16.2. The summed E-state index contributed by atoms with van der Waals surface area (Å²) in [6.45, 7) is -1.35. The van der Waals surface area contributed by atoms with Crippen molar-refractivity contribution < 1.29 is 22.7 Å². The third kappa shape index (κ3) is 3.02. The van der Waals surface area contributed by atoms with Crippen molar-refractivity contribution in [2.45, 2.75) is 12.3 Å². The van der Waals surface area contributed by atoms with Crippen molar-refractivity contribution in [2.24, 2.45) is 0 Å². The first-order chi connectivity index (χ1) is 11.4. The number of para-hydroxylation sites is 2. The zero-order chi connectivity index (χ0) is 17.3. The Balaban J connectivity index is 2.09. The van der Waals surface area contributed by atoms with Crippen LogP contribution in [0, 0.1) is 0 Å². The minimum absolute atomic E-state index is 0.216. The van der Waals surface area contributed by atoms with E-state index in [1.807, 2.05) is 0 Å². The summed E-state index contributed by atoms with van der Waals surface area (Å²) in [6.07, 6.45) is -5.48. The second kappa shape index (κ2) is 6.07. The molecule has 1 atom stereocenters. The Morgan fingerprint density at radius 2 is 1.79 bits per heavy atom. The van der Waals surface area contributed by atoms with Crippen LogP contribution < -0.4 is 10.1 Å². The lowest BCUT2D eigenvalue weighted by Gasteiger charge is -2.38. The number of hydrogen-bond donors (Lipinski definition) is 1. The van der Waals surface area contributed by atoms with Gasteiger partial charge in [-0.25, -0.2) is 0 Å². The van der Waals surface area contributed by atoms with Crippen LogP contribution >= 0.6 is 0 Å². The SMILES string of the molecule is COc1ccccc1[C@@H]1Nc2ccccc2C(=O)N1CC(F)(F)F. The molecule has 0 aliphatic carbocycles. The van der Waals surface area contributed by atoms with Crippen molar-refractivity contribution in [3.05, 3.63) is 59.7 Å². The minimum atomic E-state index is -4.51. The van der Waals surface area contributed by atoms with Crippen molar-refractivity contribution in [3.8, 4) is 5.75 Å². The van der Waals surface area contributed by atoms with Gasteiger partial charge in [0.15, 0.2) is 0 Å². The Bertz CT molecular complexity index is 761. The number of alkyl halides is 3. The van der Waals surface area contributed by atoms with Crippen LogP contribution in [-0.4, -0.2) is 30.6 Å². The number of carbonyl (C=O) groups excluding carboxylic acids is 1. The summed E-state index contributed by atoms with van der Waals surface area (Å²) >= 11 is 0. The van der Waals surface area contributed by atoms with Gasteiger partial charge in [-0.05, 0) is 18.2 Å². The summed E-state index contributed by atoms with van der Waals surface area (Å²) < 4.78 is 44.3. The highest BCUT2D eigenvalue weighted by atomic mass is 19.4. The smallest absolute Gasteiger partial charge is 0.406 e. The molecule has 0 aromatic heterocycles. The third-order valence-electron chi connectivity index (χ3n) is 3.81. The summed E-state index contributed by atoms with van der Waals surface area (Å²) in [7, 11) is 1.44. The van der Waals surface area contributed by atoms with Crippen molar-refractivity contribution in [1.29, 1.82) is 0 Å². The highest BCUT2D eigenvalue weighted by Gasteiger charge is 2.41. The van der Waals surface area contributed by atoms with Gasteiger partial charge in [0.2, 0.25) is 0 Å². The van der Waals surface area contributed by atoms with Crippen LogP contribution in [0.4, 0.5) is 18.9 Å². The number of rotatable bonds is 3. The molecule has 126 valence electrons. The number of amides is 1. The van der Waals surface area contributed by atoms with Gasteiger partial charge >= 0.3 is 6.18 Å². The molecular formula is C17H15F3N2O2. The average molecular weight is 336 g/mol. The fourth-order valence-electron chi connectivity index (χ4n) is 2.79. The van der Waals surface area contributed by atoms with E-state index in [9.17, 15) is 18.0 Å². The Morgan fingerprint density at radius 3 is 2.50 bits per heavy atom. The van der Waals surface area contributed by atoms with Gasteiger partial charge in [0, 0.05) is 11.3 Å². The molecule has 1 aliphatic rings. The van der Waals surface area contributed by atoms with Crippen molar-refractivity contribution in [3.63, 3.8) is 0 Å². The lowest BCUT2D eigenvalue weighted by molar-refractivity contribution is -0.144. The lowest BCUT2D eigenvalue weighted by atomic mass is 10.0. The second-order valence-corrected chi connectivity index (χ2v) is 5.38. The zero-order valence-electron chi connectivity index (χ0n) is 12.8. The number of methoxy groups -OCH3 is 1. The molecule has 0 bridgehead atoms. The largest absolute Gasteiger partial charge is 0.496 e. The number of fused-ring (bicyclic) bond motifs is 1. The van der Waals surface area contributed by atoms with Crippen molar-refractivity contribution in [2.75, 3.05) is 19.0 Å². The van der Waals surface area contributed by atoms with Crippen LogP contribution in [0.2, 0.25) is 0 Å². The average Bonchev–Trinajstić information content (AvgIpc) is 2.56. The summed E-state index contributed by atoms with van der Waals surface area (Å²) in [5, 5.41) is 3.02. The quantitative estimate of drug-likeness (QED) is 0.926. The Hall–Kier alpha value is -2.70. The number of carbonyl (C=O) groups is 1. The molecule has 0 fully saturated rings. The molecule has 2 aromatic rings. The highest BCUT2D eigenvalue weighted by molar-refractivity contribution is 6.01. The molecule has 0 unspecified atom stereocenters. The number of nitrogens with one attached hydrogen (secondary N) is 1. The first-order valence-electron chi connectivity index (χ1n) is 7.27. The molecular weight excluding hydrogens is 321 g/mol. The van der Waals surface area contributed by atoms with E-state index in [1.54, 1.807) is 42.5 Å². The molecule has 1 aliphatic heterocycles. The highest BCUT2D eigenvalue weighted by Crippen LogP contribution is 2.38. The lowest BCUT2D eigenvalue weighted by Crippen LogP contribution is -2.47. The maximum atomic E-state index is 13.0. The molecule has 1 heterocycles. The van der Waals surface area contributed by atoms with E-state index < -0.39 is 24.8 Å². The molecule has 1 N–H and O–H groups in total. The molecule has 3 rings (SSSR count). The van der Waals surface area contributed by atoms with Crippen LogP contribution in [0.5, 0.6) is 5.75 Å². The Kier molecular flexibility index (Phi) is 4.09. The molecule has 0 spiro atoms. The van der Waals surface area contributed by atoms with Gasteiger partial charge in [0.05, 0.1) is 12.7 Å². The van der Waals surface area contributed by atoms with E-state index in [1.165, 1.54) is 13.2 Å². The molecule has 0 radical (unpaired) electrons. The number of ether oxygens (including phenoxy) is 1. The third-order valence-corrected chi connectivity index (χ3v) is 3.81. The van der Waals surface area contributed by atoms with Crippen molar-refractivity contribution >= 4 is 11.6 Å². The van der Waals surface area contributed by atoms with Crippen LogP contribution in [0.1, 0.15) is 22.1 Å². The van der Waals surface area contributed by atoms with Crippen molar-refractivity contribution in [1.82, 2.24) is 4.90 Å². The standard InChI is InChI=1S/C17H15F3N2O2/c1-24-14-9-5-3-7-12(14)15-21-13-8-4-2-6-11(13)16(23)22(15)10-17(18,19)20/h2-9,15,21H,10H2,1H3/t15-/m1/s1. The number of hydrogen-bond acceptors (Lipinski definition) is 3. The minimum Gasteiger partial charge on any atom is -0.496 e. The van der Waals surface area contributed by atoms with E-state index in [4.69, 9.17) is 4.74 Å². The van der Waals surface area contributed by atoms with E-state index in [0.717, 1.165) is 4.90 Å². The van der Waals surface area contributed by atoms with Gasteiger partial charge < -0.3 is 15.0 Å². The molecule has 0 saturated heterocycles. The number of halogens is 3. The van der Waals surface area contributed by atoms with Crippen LogP contribution in [0.3, 0.4) is 0 Å². The van der Waals surface area contributed by atoms with E-state index in [2.05, 4.69) is 5.32 Å². The van der Waals surface area contributed by atoms with Gasteiger partial charge in [-0.15, -0.1) is 0 Å². The predicted molar refractivity (Wildman–Crippen MR) is 82.9 cm³/mol. The number of benzene rings is 2. The van der Waals surface area contributed by atoms with Gasteiger partial charge in [-0.2, -0.15) is 13.2 Å². The van der Waals surface area contributed by atoms with Crippen LogP contribution in [0.15, 0.2) is 48.5 Å². The van der Waals surface area contributed by atoms with E-state index in [-0.39, 0.29) is 5.56 Å². The van der Waals surface area contributed by atoms with Gasteiger partial charge in [0.25, 0.3) is 5.91 Å². The molecule has 4 nitrogen and oxygen atoms in total. The first-order valence-corrected chi connectivity index (χ1v) is 7.27. The zero-order valence-corrected chi connectivity index (χ0v) is 12.8. The van der Waals surface area contributed by atoms with Gasteiger partial charge in [-0.1, -0.05) is 30.3 Å². The molecule has 2 aromatic carbocycles. The van der Waals surface area contributed by atoms with Gasteiger partial charge in [0.1, 0.15) is 18.5 Å². The topological polar surface area (TPSA) is 41.6 Å². The summed E-state index contributed by atoms with van der Waals surface area (Å²) in [4.78, 5) is 13.4. The molecule has 0 saturated carbocycles. The maximum absolute atomic E-state index is 13.0. The van der Waals surface area contributed by atoms with E-state index in [0.29, 0.717) is 17.0 Å². The summed E-state index contributed by atoms with van der Waals surface area (Å²) in [6, 6.07) is 13.2.